The lowest BCUT2D eigenvalue weighted by Crippen LogP contribution is -2.24. The molecule has 0 amide bonds. The fourth-order valence-corrected chi connectivity index (χ4v) is 7.26. The topological polar surface area (TPSA) is 103 Å². The molecule has 0 saturated carbocycles. The summed E-state index contributed by atoms with van der Waals surface area (Å²) in [7, 11) is 1.91. The molecule has 0 aromatic heterocycles. The number of benzene rings is 3. The smallest absolute Gasteiger partial charge is 0.278 e. The third-order valence-electron chi connectivity index (χ3n) is 10.2. The molecule has 51 heavy (non-hydrogen) atoms. The van der Waals surface area contributed by atoms with Gasteiger partial charge in [-0.05, 0) is 70.6 Å². The van der Waals surface area contributed by atoms with E-state index in [2.05, 4.69) is 47.2 Å². The predicted octanol–water partition coefficient (Wildman–Crippen LogP) is 10.0. The van der Waals surface area contributed by atoms with E-state index in [4.69, 9.17) is 4.98 Å². The number of hydrogen-bond donors (Lipinski definition) is 3. The number of imidazole rings is 1. The number of aliphatic imine (C=N–C) groups is 1. The molecule has 3 aromatic carbocycles. The van der Waals surface area contributed by atoms with Crippen molar-refractivity contribution in [2.75, 3.05) is 7.05 Å². The van der Waals surface area contributed by atoms with Crippen LogP contribution in [0.1, 0.15) is 112 Å². The summed E-state index contributed by atoms with van der Waals surface area (Å²) in [6.07, 6.45) is 21.2. The molecule has 7 nitrogen and oxygen atoms in total. The van der Waals surface area contributed by atoms with Crippen molar-refractivity contribution in [1.29, 1.82) is 0 Å². The molecule has 6 rings (SSSR count). The van der Waals surface area contributed by atoms with Crippen molar-refractivity contribution in [3.8, 4) is 28.6 Å². The van der Waals surface area contributed by atoms with Gasteiger partial charge in [0.15, 0.2) is 5.82 Å². The van der Waals surface area contributed by atoms with Gasteiger partial charge in [0.25, 0.3) is 5.56 Å². The molecular weight excluding hydrogens is 633 g/mol. The first kappa shape index (κ1) is 35.9. The molecule has 7 heteroatoms. The summed E-state index contributed by atoms with van der Waals surface area (Å²) < 4.78 is 1.62. The van der Waals surface area contributed by atoms with Gasteiger partial charge in [-0.2, -0.15) is 0 Å². The van der Waals surface area contributed by atoms with Gasteiger partial charge < -0.3 is 15.2 Å². The molecule has 0 fully saturated rings. The number of hydrogen-bond acceptors (Lipinski definition) is 5. The molecule has 1 unspecified atom stereocenters. The zero-order chi connectivity index (χ0) is 35.6. The van der Waals surface area contributed by atoms with Crippen LogP contribution in [0.5, 0.6) is 11.5 Å². The van der Waals surface area contributed by atoms with Crippen LogP contribution in [0.4, 0.5) is 0 Å². The number of unbranched alkanes of at least 4 members (excludes halogenated alkanes) is 10. The van der Waals surface area contributed by atoms with E-state index in [9.17, 15) is 15.0 Å². The maximum Gasteiger partial charge on any atom is 0.278 e. The third-order valence-corrected chi connectivity index (χ3v) is 10.2. The van der Waals surface area contributed by atoms with Gasteiger partial charge in [-0.1, -0.05) is 120 Å². The summed E-state index contributed by atoms with van der Waals surface area (Å²) >= 11 is 0. The van der Waals surface area contributed by atoms with Crippen LogP contribution >= 0.6 is 0 Å². The van der Waals surface area contributed by atoms with Gasteiger partial charge in [0.05, 0.1) is 11.4 Å². The number of rotatable bonds is 18. The van der Waals surface area contributed by atoms with E-state index in [1.165, 1.54) is 88.3 Å². The first-order valence-electron chi connectivity index (χ1n) is 18.9. The molecule has 0 radical (unpaired) electrons. The Morgan fingerprint density at radius 1 is 0.725 bits per heavy atom. The summed E-state index contributed by atoms with van der Waals surface area (Å²) in [6.45, 7) is 2.28. The molecule has 1 atom stereocenters. The summed E-state index contributed by atoms with van der Waals surface area (Å²) in [5.74, 6) is 1.40. The molecule has 3 aliphatic rings. The largest absolute Gasteiger partial charge is 0.508 e. The minimum Gasteiger partial charge on any atom is -0.508 e. The van der Waals surface area contributed by atoms with Crippen molar-refractivity contribution in [3.05, 3.63) is 124 Å². The fourth-order valence-electron chi connectivity index (χ4n) is 7.26. The normalized spacial score (nSPS) is 15.0. The van der Waals surface area contributed by atoms with Crippen LogP contribution in [0.25, 0.3) is 22.6 Å². The Morgan fingerprint density at radius 3 is 1.90 bits per heavy atom. The SMILES string of the molecule is CCCCCCCCCCCCCC1C=C(c2ccc(Cc3nc4c(Cc5ccc(O)cc5)[nH]c(-c5ccc(O)cc5)cn-4c3=O)cc2)/C1=N/C. The van der Waals surface area contributed by atoms with Gasteiger partial charge in [-0.15, -0.1) is 0 Å². The number of nitrogens with zero attached hydrogens (tertiary/aromatic N) is 3. The van der Waals surface area contributed by atoms with E-state index >= 15 is 0 Å². The van der Waals surface area contributed by atoms with Gasteiger partial charge in [0.1, 0.15) is 17.2 Å². The zero-order valence-corrected chi connectivity index (χ0v) is 30.2. The van der Waals surface area contributed by atoms with Crippen LogP contribution in [-0.2, 0) is 12.8 Å². The van der Waals surface area contributed by atoms with Gasteiger partial charge in [0.2, 0.25) is 0 Å². The number of aromatic amines is 1. The van der Waals surface area contributed by atoms with E-state index in [1.807, 2.05) is 31.3 Å². The standard InChI is InChI=1S/C44H52N4O3/c1-3-4-5-6-7-8-9-10-11-12-13-14-35-29-38(42(35)45-2)33-19-15-31(16-20-33)28-40-44(51)48-30-41(34-21-25-37(50)26-22-34)46-39(43(48)47-40)27-32-17-23-36(49)24-18-32/h15-26,29-30,35,46,49-50H,3-14,27-28H2,1-2H3/b45-42+. The van der Waals surface area contributed by atoms with Gasteiger partial charge in [-0.25, -0.2) is 4.98 Å². The Hall–Kier alpha value is -4.91. The van der Waals surface area contributed by atoms with E-state index < -0.39 is 0 Å². The number of aromatic nitrogens is 3. The highest BCUT2D eigenvalue weighted by molar-refractivity contribution is 6.31. The molecule has 0 saturated heterocycles. The Morgan fingerprint density at radius 2 is 1.27 bits per heavy atom. The van der Waals surface area contributed by atoms with E-state index in [0.29, 0.717) is 30.3 Å². The number of phenols is 2. The quantitative estimate of drug-likeness (QED) is 0.0800. The Kier molecular flexibility index (Phi) is 12.2. The van der Waals surface area contributed by atoms with Gasteiger partial charge in [0, 0.05) is 37.7 Å². The number of nitrogens with one attached hydrogen (secondary N) is 1. The number of fused-ring (bicyclic) bond motifs is 1. The highest BCUT2D eigenvalue weighted by Gasteiger charge is 2.28. The monoisotopic (exact) mass is 684 g/mol. The predicted molar refractivity (Wildman–Crippen MR) is 209 cm³/mol. The summed E-state index contributed by atoms with van der Waals surface area (Å²) in [5.41, 5.74) is 8.30. The van der Waals surface area contributed by atoms with Gasteiger partial charge in [-0.3, -0.25) is 14.4 Å². The Bertz CT molecular complexity index is 1950. The van der Waals surface area contributed by atoms with Crippen LogP contribution in [0.2, 0.25) is 0 Å². The summed E-state index contributed by atoms with van der Waals surface area (Å²) in [6, 6.07) is 22.4. The fraction of sp³-hybridized carbons (Fsp3) is 0.386. The van der Waals surface area contributed by atoms with Crippen molar-refractivity contribution >= 4 is 11.3 Å². The zero-order valence-electron chi connectivity index (χ0n) is 30.2. The lowest BCUT2D eigenvalue weighted by atomic mass is 9.77. The van der Waals surface area contributed by atoms with Crippen molar-refractivity contribution in [2.24, 2.45) is 10.9 Å². The summed E-state index contributed by atoms with van der Waals surface area (Å²) in [4.78, 5) is 26.8. The van der Waals surface area contributed by atoms with E-state index in [-0.39, 0.29) is 17.1 Å². The van der Waals surface area contributed by atoms with E-state index in [1.54, 1.807) is 35.0 Å². The lowest BCUT2D eigenvalue weighted by Gasteiger charge is -2.28. The molecular formula is C44H52N4O3. The Balaban J connectivity index is 1.10. The molecule has 3 aromatic rings. The Labute approximate surface area is 302 Å². The third kappa shape index (κ3) is 9.07. The maximum atomic E-state index is 13.8. The summed E-state index contributed by atoms with van der Waals surface area (Å²) in [5, 5.41) is 19.6. The first-order valence-corrected chi connectivity index (χ1v) is 18.9. The second-order valence-corrected chi connectivity index (χ2v) is 14.1. The van der Waals surface area contributed by atoms with Crippen LogP contribution in [0, 0.1) is 5.92 Å². The number of allylic oxidation sites excluding steroid dienone is 2. The molecule has 266 valence electrons. The molecule has 0 bridgehead atoms. The average molecular weight is 685 g/mol. The second-order valence-electron chi connectivity index (χ2n) is 14.1. The molecule has 0 spiro atoms. The number of aromatic hydroxyl groups is 2. The van der Waals surface area contributed by atoms with Crippen molar-refractivity contribution in [1.82, 2.24) is 14.5 Å². The van der Waals surface area contributed by atoms with Crippen molar-refractivity contribution in [2.45, 2.75) is 96.8 Å². The molecule has 3 N–H and O–H groups in total. The molecule has 1 aliphatic carbocycles. The molecule has 2 heterocycles. The minimum absolute atomic E-state index is 0.151. The number of H-pyrrole nitrogens is 1. The van der Waals surface area contributed by atoms with Crippen molar-refractivity contribution in [3.63, 3.8) is 0 Å². The lowest BCUT2D eigenvalue weighted by molar-refractivity contribution is 0.474. The van der Waals surface area contributed by atoms with Crippen LogP contribution in [0.15, 0.2) is 94.9 Å². The minimum atomic E-state index is -0.151. The van der Waals surface area contributed by atoms with E-state index in [0.717, 1.165) is 33.6 Å². The molecule has 2 aliphatic heterocycles. The average Bonchev–Trinajstić information content (AvgIpc) is 3.44. The first-order chi connectivity index (χ1) is 24.9. The van der Waals surface area contributed by atoms with Crippen LogP contribution in [0.3, 0.4) is 0 Å². The highest BCUT2D eigenvalue weighted by atomic mass is 16.3. The number of phenolic OH excluding ortho intramolecular Hbond substituents is 2. The highest BCUT2D eigenvalue weighted by Crippen LogP contribution is 2.35. The maximum absolute atomic E-state index is 13.8. The second kappa shape index (κ2) is 17.3. The van der Waals surface area contributed by atoms with Crippen molar-refractivity contribution < 1.29 is 10.2 Å². The van der Waals surface area contributed by atoms with Crippen LogP contribution in [-0.4, -0.2) is 37.5 Å². The van der Waals surface area contributed by atoms with Gasteiger partial charge >= 0.3 is 0 Å². The van der Waals surface area contributed by atoms with Crippen LogP contribution < -0.4 is 5.56 Å².